The molecule has 2 unspecified atom stereocenters. The third kappa shape index (κ3) is 3.84. The number of hydrogen-bond donors (Lipinski definition) is 1. The first kappa shape index (κ1) is 21.4. The summed E-state index contributed by atoms with van der Waals surface area (Å²) in [7, 11) is 0. The molecule has 1 aromatic carbocycles. The zero-order chi connectivity index (χ0) is 23.2. The molecule has 2 aliphatic heterocycles. The molecule has 1 amide bonds. The lowest BCUT2D eigenvalue weighted by Crippen LogP contribution is -2.48. The van der Waals surface area contributed by atoms with E-state index in [2.05, 4.69) is 20.3 Å². The van der Waals surface area contributed by atoms with Gasteiger partial charge in [0.2, 0.25) is 5.91 Å². The minimum Gasteiger partial charge on any atom is -0.360 e. The van der Waals surface area contributed by atoms with Gasteiger partial charge < -0.3 is 5.32 Å². The van der Waals surface area contributed by atoms with E-state index in [9.17, 15) is 18.0 Å². The summed E-state index contributed by atoms with van der Waals surface area (Å²) in [4.78, 5) is 27.7. The average Bonchev–Trinajstić information content (AvgIpc) is 3.25. The second-order valence-electron chi connectivity index (χ2n) is 7.71. The second-order valence-corrected chi connectivity index (χ2v) is 8.76. The van der Waals surface area contributed by atoms with Crippen LogP contribution in [0.1, 0.15) is 6.92 Å². The van der Waals surface area contributed by atoms with Gasteiger partial charge in [-0.1, -0.05) is 18.2 Å². The number of carbonyl (C=O) groups excluding carboxylic acids is 1. The first-order valence-electron chi connectivity index (χ1n) is 10.2. The van der Waals surface area contributed by atoms with Crippen LogP contribution in [0, 0.1) is 5.92 Å². The minimum atomic E-state index is -4.56. The quantitative estimate of drug-likeness (QED) is 0.584. The van der Waals surface area contributed by atoms with Crippen molar-refractivity contribution in [1.82, 2.24) is 15.0 Å². The van der Waals surface area contributed by atoms with Crippen LogP contribution in [-0.4, -0.2) is 38.3 Å². The number of nitrogens with zero attached hydrogens (tertiary/aromatic N) is 4. The van der Waals surface area contributed by atoms with Crippen molar-refractivity contribution in [3.05, 3.63) is 77.7 Å². The largest absolute Gasteiger partial charge is 0.414 e. The number of fused-ring (bicyclic) bond motifs is 2. The van der Waals surface area contributed by atoms with Gasteiger partial charge in [0.15, 0.2) is 5.82 Å². The number of pyridine rings is 1. The van der Waals surface area contributed by atoms with Gasteiger partial charge >= 0.3 is 6.18 Å². The number of benzene rings is 1. The molecule has 2 aromatic heterocycles. The molecule has 168 valence electrons. The number of alkyl halides is 3. The molecule has 1 N–H and O–H groups in total. The number of rotatable bonds is 4. The summed E-state index contributed by atoms with van der Waals surface area (Å²) in [5.41, 5.74) is 1.48. The van der Waals surface area contributed by atoms with Crippen LogP contribution in [-0.2, 0) is 4.79 Å². The number of nitrogens with one attached hydrogen (secondary N) is 1. The summed E-state index contributed by atoms with van der Waals surface area (Å²) in [5, 5.41) is 3.71. The molecule has 0 spiro atoms. The normalized spacial score (nSPS) is 21.5. The first-order chi connectivity index (χ1) is 15.8. The number of anilines is 2. The van der Waals surface area contributed by atoms with Crippen LogP contribution in [0.4, 0.5) is 24.7 Å². The van der Waals surface area contributed by atoms with Gasteiger partial charge in [-0.25, -0.2) is 9.97 Å². The molecule has 0 fully saturated rings. The van der Waals surface area contributed by atoms with E-state index in [1.807, 2.05) is 13.0 Å². The van der Waals surface area contributed by atoms with Crippen LogP contribution in [0.15, 0.2) is 77.7 Å². The topological polar surface area (TPSA) is 71.0 Å². The lowest BCUT2D eigenvalue weighted by atomic mass is 9.89. The van der Waals surface area contributed by atoms with E-state index in [-0.39, 0.29) is 0 Å². The molecular weight excluding hydrogens is 451 g/mol. The van der Waals surface area contributed by atoms with Gasteiger partial charge in [0.25, 0.3) is 0 Å². The Labute approximate surface area is 191 Å². The summed E-state index contributed by atoms with van der Waals surface area (Å²) >= 11 is 1.02. The van der Waals surface area contributed by atoms with Crippen molar-refractivity contribution in [2.24, 2.45) is 5.92 Å². The van der Waals surface area contributed by atoms with E-state index in [0.29, 0.717) is 28.2 Å². The standard InChI is InChI=1S/C23H18F3N5OS/c1-13(30-21-20-16(28-12-29-21)8-5-9-27-20)17-10-18-19(15(11-33-18)23(24,25)26)22(32)31(17)14-6-3-2-4-7-14/h2-13,18-19H,1H3,(H,28,29,30)/t13-,18?,19?/m0/s1. The van der Waals surface area contributed by atoms with E-state index in [1.54, 1.807) is 48.7 Å². The predicted molar refractivity (Wildman–Crippen MR) is 121 cm³/mol. The van der Waals surface area contributed by atoms with Crippen molar-refractivity contribution >= 4 is 40.2 Å². The number of hydrogen-bond acceptors (Lipinski definition) is 6. The van der Waals surface area contributed by atoms with Crippen molar-refractivity contribution in [1.29, 1.82) is 0 Å². The maximum Gasteiger partial charge on any atom is 0.414 e. The Morgan fingerprint density at radius 2 is 1.88 bits per heavy atom. The lowest BCUT2D eigenvalue weighted by Gasteiger charge is -2.38. The van der Waals surface area contributed by atoms with Gasteiger partial charge in [0.1, 0.15) is 11.8 Å². The van der Waals surface area contributed by atoms with Crippen LogP contribution in [0.5, 0.6) is 0 Å². The molecular formula is C23H18F3N5OS. The number of amides is 1. The van der Waals surface area contributed by atoms with Gasteiger partial charge in [-0.15, -0.1) is 11.8 Å². The highest BCUT2D eigenvalue weighted by Crippen LogP contribution is 2.49. The third-order valence-corrected chi connectivity index (χ3v) is 6.74. The highest BCUT2D eigenvalue weighted by molar-refractivity contribution is 8.03. The van der Waals surface area contributed by atoms with E-state index in [4.69, 9.17) is 0 Å². The summed E-state index contributed by atoms with van der Waals surface area (Å²) in [6, 6.07) is 11.8. The maximum absolute atomic E-state index is 13.6. The average molecular weight is 469 g/mol. The minimum absolute atomic E-state index is 0.453. The first-order valence-corrected chi connectivity index (χ1v) is 11.1. The molecule has 3 atom stereocenters. The van der Waals surface area contributed by atoms with Crippen molar-refractivity contribution in [2.75, 3.05) is 10.2 Å². The summed E-state index contributed by atoms with van der Waals surface area (Å²) in [5.74, 6) is -1.41. The van der Waals surface area contributed by atoms with Gasteiger partial charge in [-0.2, -0.15) is 13.2 Å². The van der Waals surface area contributed by atoms with Crippen LogP contribution in [0.25, 0.3) is 11.0 Å². The third-order valence-electron chi connectivity index (χ3n) is 5.63. The summed E-state index contributed by atoms with van der Waals surface area (Å²) in [6.45, 7) is 1.84. The molecule has 0 aliphatic carbocycles. The zero-order valence-electron chi connectivity index (χ0n) is 17.3. The maximum atomic E-state index is 13.6. The van der Waals surface area contributed by atoms with Crippen LogP contribution in [0.2, 0.25) is 0 Å². The Hall–Kier alpha value is -3.40. The Morgan fingerprint density at radius 3 is 2.64 bits per heavy atom. The van der Waals surface area contributed by atoms with Crippen molar-refractivity contribution in [3.8, 4) is 0 Å². The van der Waals surface area contributed by atoms with Crippen molar-refractivity contribution < 1.29 is 18.0 Å². The molecule has 10 heteroatoms. The highest BCUT2D eigenvalue weighted by atomic mass is 32.2. The fraction of sp³-hybridized carbons (Fsp3) is 0.217. The van der Waals surface area contributed by atoms with Crippen LogP contribution in [0.3, 0.4) is 0 Å². The van der Waals surface area contributed by atoms with Crippen LogP contribution >= 0.6 is 11.8 Å². The van der Waals surface area contributed by atoms with Crippen molar-refractivity contribution in [3.63, 3.8) is 0 Å². The monoisotopic (exact) mass is 469 g/mol. The van der Waals surface area contributed by atoms with Gasteiger partial charge in [0, 0.05) is 22.8 Å². The van der Waals surface area contributed by atoms with E-state index < -0.39 is 34.9 Å². The van der Waals surface area contributed by atoms with Crippen molar-refractivity contribution in [2.45, 2.75) is 24.4 Å². The molecule has 2 aliphatic rings. The highest BCUT2D eigenvalue weighted by Gasteiger charge is 2.52. The Kier molecular flexibility index (Phi) is 5.32. The molecule has 4 heterocycles. The molecule has 33 heavy (non-hydrogen) atoms. The number of thioether (sulfide) groups is 1. The molecule has 6 nitrogen and oxygen atoms in total. The van der Waals surface area contributed by atoms with E-state index >= 15 is 0 Å². The molecule has 3 aromatic rings. The number of aromatic nitrogens is 3. The van der Waals surface area contributed by atoms with Gasteiger partial charge in [0.05, 0.1) is 23.0 Å². The fourth-order valence-electron chi connectivity index (χ4n) is 4.11. The number of carbonyl (C=O) groups is 1. The fourth-order valence-corrected chi connectivity index (χ4v) is 5.33. The summed E-state index contributed by atoms with van der Waals surface area (Å²) in [6.07, 6.45) is 0.223. The Balaban J connectivity index is 1.55. The molecule has 5 rings (SSSR count). The number of para-hydroxylation sites is 1. The number of halogens is 3. The molecule has 0 saturated heterocycles. The SMILES string of the molecule is C[C@H](Nc1ncnc2cccnc12)C1=CC2SC=C(C(F)(F)F)C2C(=O)N1c1ccccc1. The molecule has 0 radical (unpaired) electrons. The molecule has 0 bridgehead atoms. The smallest absolute Gasteiger partial charge is 0.360 e. The second kappa shape index (κ2) is 8.18. The predicted octanol–water partition coefficient (Wildman–Crippen LogP) is 4.93. The Bertz CT molecular complexity index is 1270. The lowest BCUT2D eigenvalue weighted by molar-refractivity contribution is -0.127. The molecule has 0 saturated carbocycles. The zero-order valence-corrected chi connectivity index (χ0v) is 18.1. The van der Waals surface area contributed by atoms with Gasteiger partial charge in [-0.3, -0.25) is 14.7 Å². The Morgan fingerprint density at radius 1 is 1.09 bits per heavy atom. The van der Waals surface area contributed by atoms with Crippen LogP contribution < -0.4 is 10.2 Å². The van der Waals surface area contributed by atoms with E-state index in [0.717, 1.165) is 17.2 Å². The van der Waals surface area contributed by atoms with Gasteiger partial charge in [-0.05, 0) is 42.7 Å². The van der Waals surface area contributed by atoms with E-state index in [1.165, 1.54) is 11.2 Å². The summed E-state index contributed by atoms with van der Waals surface area (Å²) < 4.78 is 40.9.